The number of carbonyl (C=O) groups is 2. The van der Waals surface area contributed by atoms with E-state index in [4.69, 9.17) is 29.8 Å². The van der Waals surface area contributed by atoms with E-state index in [0.717, 1.165) is 57.1 Å². The zero-order valence-electron chi connectivity index (χ0n) is 21.1. The van der Waals surface area contributed by atoms with Gasteiger partial charge < -0.3 is 30.0 Å². The number of carbonyl (C=O) groups excluding carboxylic acids is 2. The maximum atomic E-state index is 10.1. The molecule has 1 saturated carbocycles. The van der Waals surface area contributed by atoms with Gasteiger partial charge in [0, 0.05) is 35.5 Å². The van der Waals surface area contributed by atoms with E-state index >= 15 is 0 Å². The third kappa shape index (κ3) is 12.5. The molecule has 0 amide bonds. The molecule has 0 aromatic heterocycles. The SMILES string of the molecule is CC(=O)[O-].CC(=O)[O-].CCc1ccc(O)c(C=NC2CCCC2N=Cc2cc(CC)ccc2O)c1.[Co+2]. The van der Waals surface area contributed by atoms with Crippen molar-refractivity contribution in [2.45, 2.75) is 71.9 Å². The summed E-state index contributed by atoms with van der Waals surface area (Å²) in [6.07, 6.45) is 8.49. The van der Waals surface area contributed by atoms with Crippen LogP contribution in [0.15, 0.2) is 46.4 Å². The molecule has 0 heterocycles. The molecule has 2 atom stereocenters. The van der Waals surface area contributed by atoms with Crippen LogP contribution in [0.2, 0.25) is 0 Å². The van der Waals surface area contributed by atoms with E-state index in [1.807, 2.05) is 24.3 Å². The first-order valence-electron chi connectivity index (χ1n) is 11.6. The van der Waals surface area contributed by atoms with Crippen molar-refractivity contribution in [3.05, 3.63) is 58.7 Å². The van der Waals surface area contributed by atoms with Crippen LogP contribution in [0.3, 0.4) is 0 Å². The van der Waals surface area contributed by atoms with Gasteiger partial charge in [-0.05, 0) is 81.3 Å². The second kappa shape index (κ2) is 17.3. The Bertz CT molecular complexity index is 949. The molecule has 0 bridgehead atoms. The molecule has 197 valence electrons. The Kier molecular flexibility index (Phi) is 15.8. The number of aromatic hydroxyl groups is 2. The standard InChI is InChI=1S/C23H28N2O2.2C2H4O2.Co/c1-3-16-8-10-22(26)18(12-16)14-24-20-6-5-7-21(20)25-15-19-13-17(4-2)9-11-23(19)27;2*1-2(3)4;/h8-15,20-21,26-27H,3-7H2,1-2H3;2*1H3,(H,3,4);/q;;;+2/p-2. The summed E-state index contributed by atoms with van der Waals surface area (Å²) < 4.78 is 0. The van der Waals surface area contributed by atoms with Crippen LogP contribution in [-0.4, -0.2) is 46.7 Å². The van der Waals surface area contributed by atoms with Gasteiger partial charge in [-0.15, -0.1) is 0 Å². The van der Waals surface area contributed by atoms with E-state index in [2.05, 4.69) is 13.8 Å². The molecule has 2 unspecified atom stereocenters. The Labute approximate surface area is 223 Å². The van der Waals surface area contributed by atoms with Crippen molar-refractivity contribution in [2.24, 2.45) is 9.98 Å². The number of nitrogens with zero attached hydrogens (tertiary/aromatic N) is 2. The number of aliphatic imine (C=N–C) groups is 2. The van der Waals surface area contributed by atoms with Gasteiger partial charge in [0.15, 0.2) is 0 Å². The first kappa shape index (κ1) is 32.8. The molecule has 0 saturated heterocycles. The average Bonchev–Trinajstić information content (AvgIpc) is 3.24. The number of carboxylic acids is 2. The minimum atomic E-state index is -1.08. The number of benzene rings is 2. The number of hydrogen-bond donors (Lipinski definition) is 2. The van der Waals surface area contributed by atoms with Gasteiger partial charge in [-0.25, -0.2) is 0 Å². The van der Waals surface area contributed by atoms with Gasteiger partial charge in [0.2, 0.25) is 0 Å². The number of carboxylic acid groups (broad SMARTS) is 2. The summed E-state index contributed by atoms with van der Waals surface area (Å²) in [4.78, 5) is 27.2. The molecule has 2 aromatic rings. The van der Waals surface area contributed by atoms with Gasteiger partial charge in [0.1, 0.15) is 11.5 Å². The number of hydrogen-bond acceptors (Lipinski definition) is 8. The summed E-state index contributed by atoms with van der Waals surface area (Å²) in [5.41, 5.74) is 3.89. The molecule has 0 aliphatic heterocycles. The third-order valence-electron chi connectivity index (χ3n) is 5.25. The smallest absolute Gasteiger partial charge is 0.550 e. The van der Waals surface area contributed by atoms with Crippen LogP contribution in [0.4, 0.5) is 0 Å². The second-order valence-corrected chi connectivity index (χ2v) is 8.10. The maximum Gasteiger partial charge on any atom is 2.00 e. The molecule has 2 aromatic carbocycles. The van der Waals surface area contributed by atoms with E-state index in [9.17, 15) is 10.2 Å². The van der Waals surface area contributed by atoms with E-state index in [0.29, 0.717) is 0 Å². The molecule has 1 aliphatic rings. The monoisotopic (exact) mass is 541 g/mol. The predicted octanol–water partition coefficient (Wildman–Crippen LogP) is 2.19. The molecule has 9 heteroatoms. The fraction of sp³-hybridized carbons (Fsp3) is 0.407. The summed E-state index contributed by atoms with van der Waals surface area (Å²) in [5.74, 6) is -1.65. The summed E-state index contributed by atoms with van der Waals surface area (Å²) in [6, 6.07) is 11.5. The fourth-order valence-corrected chi connectivity index (χ4v) is 3.48. The molecule has 0 spiro atoms. The Hall–Kier alpha value is -3.17. The summed E-state index contributed by atoms with van der Waals surface area (Å²) >= 11 is 0. The van der Waals surface area contributed by atoms with Crippen LogP contribution in [0, 0.1) is 0 Å². The molecule has 1 radical (unpaired) electrons. The van der Waals surface area contributed by atoms with Crippen molar-refractivity contribution < 1.29 is 46.8 Å². The van der Waals surface area contributed by atoms with Crippen molar-refractivity contribution in [3.8, 4) is 11.5 Å². The van der Waals surface area contributed by atoms with E-state index in [1.54, 1.807) is 24.6 Å². The largest absolute Gasteiger partial charge is 2.00 e. The minimum Gasteiger partial charge on any atom is -0.550 e. The molecular weight excluding hydrogens is 507 g/mol. The Balaban J connectivity index is 0.00000119. The van der Waals surface area contributed by atoms with Crippen molar-refractivity contribution in [3.63, 3.8) is 0 Å². The van der Waals surface area contributed by atoms with Crippen LogP contribution in [0.25, 0.3) is 0 Å². The molecule has 3 rings (SSSR count). The second-order valence-electron chi connectivity index (χ2n) is 8.10. The number of rotatable bonds is 6. The number of aliphatic carboxylic acids is 2. The van der Waals surface area contributed by atoms with Crippen molar-refractivity contribution in [2.75, 3.05) is 0 Å². The normalized spacial score (nSPS) is 16.4. The Morgan fingerprint density at radius 3 is 1.47 bits per heavy atom. The van der Waals surface area contributed by atoms with Crippen molar-refractivity contribution in [1.29, 1.82) is 0 Å². The topological polar surface area (TPSA) is 145 Å². The molecule has 8 nitrogen and oxygen atoms in total. The molecule has 1 fully saturated rings. The summed E-state index contributed by atoms with van der Waals surface area (Å²) in [6.45, 7) is 6.13. The maximum absolute atomic E-state index is 10.1. The first-order valence-corrected chi connectivity index (χ1v) is 11.6. The van der Waals surface area contributed by atoms with Gasteiger partial charge in [-0.1, -0.05) is 26.0 Å². The first-order chi connectivity index (χ1) is 16.6. The van der Waals surface area contributed by atoms with Crippen molar-refractivity contribution >= 4 is 24.4 Å². The van der Waals surface area contributed by atoms with Crippen LogP contribution in [0.5, 0.6) is 11.5 Å². The molecular formula is C27H34CoN2O6. The zero-order chi connectivity index (χ0) is 26.4. The third-order valence-corrected chi connectivity index (χ3v) is 5.25. The van der Waals surface area contributed by atoms with Gasteiger partial charge >= 0.3 is 16.8 Å². The minimum absolute atomic E-state index is 0. The molecule has 36 heavy (non-hydrogen) atoms. The quantitative estimate of drug-likeness (QED) is 0.537. The predicted molar refractivity (Wildman–Crippen MR) is 133 cm³/mol. The van der Waals surface area contributed by atoms with Crippen molar-refractivity contribution in [1.82, 2.24) is 0 Å². The summed E-state index contributed by atoms with van der Waals surface area (Å²) in [5, 5.41) is 37.9. The van der Waals surface area contributed by atoms with Crippen LogP contribution in [0.1, 0.15) is 69.2 Å². The molecule has 2 N–H and O–H groups in total. The Morgan fingerprint density at radius 1 is 0.833 bits per heavy atom. The molecule has 1 aliphatic carbocycles. The van der Waals surface area contributed by atoms with Crippen LogP contribution >= 0.6 is 0 Å². The van der Waals surface area contributed by atoms with Gasteiger partial charge in [-0.2, -0.15) is 0 Å². The van der Waals surface area contributed by atoms with Gasteiger partial charge in [0.25, 0.3) is 0 Å². The van der Waals surface area contributed by atoms with E-state index < -0.39 is 11.9 Å². The fourth-order valence-electron chi connectivity index (χ4n) is 3.48. The van der Waals surface area contributed by atoms with Gasteiger partial charge in [0.05, 0.1) is 12.1 Å². The zero-order valence-corrected chi connectivity index (χ0v) is 22.1. The van der Waals surface area contributed by atoms with Crippen LogP contribution < -0.4 is 10.2 Å². The number of aryl methyl sites for hydroxylation is 2. The average molecular weight is 542 g/mol. The number of phenols is 2. The van der Waals surface area contributed by atoms with E-state index in [-0.39, 0.29) is 40.4 Å². The Morgan fingerprint density at radius 2 is 1.17 bits per heavy atom. The van der Waals surface area contributed by atoms with Crippen LogP contribution in [-0.2, 0) is 39.2 Å². The summed E-state index contributed by atoms with van der Waals surface area (Å²) in [7, 11) is 0. The van der Waals surface area contributed by atoms with Gasteiger partial charge in [-0.3, -0.25) is 9.98 Å². The number of phenolic OH excluding ortho intramolecular Hbond substituents is 2. The van der Waals surface area contributed by atoms with E-state index in [1.165, 1.54) is 11.1 Å².